The van der Waals surface area contributed by atoms with Gasteiger partial charge in [-0.1, -0.05) is 19.9 Å². The maximum atomic E-state index is 12.1. The average molecular weight is 373 g/mol. The Labute approximate surface area is 157 Å². The number of carbonyl (C=O) groups is 2. The summed E-state index contributed by atoms with van der Waals surface area (Å²) in [7, 11) is 0. The van der Waals surface area contributed by atoms with Crippen LogP contribution in [0.5, 0.6) is 11.6 Å². The van der Waals surface area contributed by atoms with Crippen molar-refractivity contribution in [2.75, 3.05) is 19.8 Å². The molecule has 1 aromatic heterocycles. The molecule has 1 heterocycles. The maximum absolute atomic E-state index is 12.1. The second-order valence-electron chi connectivity index (χ2n) is 6.14. The summed E-state index contributed by atoms with van der Waals surface area (Å²) in [6, 6.07) is 11.3. The molecule has 0 spiro atoms. The molecule has 0 saturated carbocycles. The average Bonchev–Trinajstić information content (AvgIpc) is 2.69. The first kappa shape index (κ1) is 20.2. The highest BCUT2D eigenvalue weighted by molar-refractivity contribution is 5.93. The van der Waals surface area contributed by atoms with Crippen LogP contribution >= 0.6 is 0 Å². The molecule has 27 heavy (non-hydrogen) atoms. The molecule has 0 aliphatic heterocycles. The lowest BCUT2D eigenvalue weighted by molar-refractivity contribution is 0.0706. The molecule has 0 unspecified atom stereocenters. The number of ether oxygens (including phenoxy) is 2. The summed E-state index contributed by atoms with van der Waals surface area (Å²) in [5, 5.41) is 11.3. The summed E-state index contributed by atoms with van der Waals surface area (Å²) >= 11 is 0. The fourth-order valence-corrected chi connectivity index (χ4v) is 2.06. The van der Waals surface area contributed by atoms with E-state index in [-0.39, 0.29) is 24.8 Å². The van der Waals surface area contributed by atoms with Crippen LogP contribution in [0.1, 0.15) is 34.7 Å². The molecule has 0 atom stereocenters. The number of benzene rings is 1. The van der Waals surface area contributed by atoms with E-state index in [0.717, 1.165) is 0 Å². The van der Waals surface area contributed by atoms with Crippen LogP contribution in [0.15, 0.2) is 42.5 Å². The number of hydrogen-bond donors (Lipinski definition) is 3. The highest BCUT2D eigenvalue weighted by Gasteiger charge is 2.09. The number of hydroxylamine groups is 1. The van der Waals surface area contributed by atoms with E-state index in [1.165, 1.54) is 12.1 Å². The largest absolute Gasteiger partial charge is 0.492 e. The number of aromatic nitrogens is 1. The normalized spacial score (nSPS) is 10.4. The Morgan fingerprint density at radius 2 is 1.81 bits per heavy atom. The molecule has 0 radical (unpaired) electrons. The summed E-state index contributed by atoms with van der Waals surface area (Å²) in [4.78, 5) is 27.6. The monoisotopic (exact) mass is 373 g/mol. The van der Waals surface area contributed by atoms with Crippen LogP contribution in [0.4, 0.5) is 0 Å². The number of nitrogens with zero attached hydrogens (tertiary/aromatic N) is 1. The lowest BCUT2D eigenvalue weighted by Crippen LogP contribution is -2.28. The smallest absolute Gasteiger partial charge is 0.274 e. The van der Waals surface area contributed by atoms with Crippen molar-refractivity contribution in [2.24, 2.45) is 5.92 Å². The van der Waals surface area contributed by atoms with E-state index in [1.807, 2.05) is 13.8 Å². The molecule has 144 valence electrons. The molecule has 0 bridgehead atoms. The Morgan fingerprint density at radius 1 is 1.07 bits per heavy atom. The zero-order chi connectivity index (χ0) is 19.6. The lowest BCUT2D eigenvalue weighted by Gasteiger charge is -2.10. The minimum Gasteiger partial charge on any atom is -0.492 e. The van der Waals surface area contributed by atoms with Crippen molar-refractivity contribution in [1.82, 2.24) is 15.8 Å². The SMILES string of the molecule is CC(C)COc1cccc(C(=O)NCCOc2ccc(C(=O)NO)cc2)n1. The second-order valence-corrected chi connectivity index (χ2v) is 6.14. The van der Waals surface area contributed by atoms with Gasteiger partial charge in [-0.15, -0.1) is 0 Å². The van der Waals surface area contributed by atoms with Gasteiger partial charge in [-0.3, -0.25) is 14.8 Å². The van der Waals surface area contributed by atoms with Gasteiger partial charge in [0.15, 0.2) is 0 Å². The van der Waals surface area contributed by atoms with Gasteiger partial charge in [0.1, 0.15) is 18.1 Å². The van der Waals surface area contributed by atoms with Crippen molar-refractivity contribution in [3.63, 3.8) is 0 Å². The first-order valence-corrected chi connectivity index (χ1v) is 8.55. The first-order chi connectivity index (χ1) is 13.0. The molecular formula is C19H23N3O5. The molecule has 0 fully saturated rings. The van der Waals surface area contributed by atoms with Crippen LogP contribution in [-0.4, -0.2) is 41.8 Å². The molecule has 8 heteroatoms. The van der Waals surface area contributed by atoms with Crippen molar-refractivity contribution < 1.29 is 24.3 Å². The lowest BCUT2D eigenvalue weighted by atomic mass is 10.2. The van der Waals surface area contributed by atoms with E-state index < -0.39 is 5.91 Å². The Kier molecular flexibility index (Phi) is 7.57. The number of pyridine rings is 1. The molecule has 0 aliphatic rings. The number of carbonyl (C=O) groups excluding carboxylic acids is 2. The van der Waals surface area contributed by atoms with Gasteiger partial charge in [0.2, 0.25) is 5.88 Å². The van der Waals surface area contributed by atoms with E-state index in [9.17, 15) is 9.59 Å². The number of amides is 2. The quantitative estimate of drug-likeness (QED) is 0.353. The minimum absolute atomic E-state index is 0.251. The standard InChI is InChI=1S/C19H23N3O5/c1-13(2)12-27-17-5-3-4-16(21-17)19(24)20-10-11-26-15-8-6-14(7-9-15)18(23)22-25/h3-9,13,25H,10-12H2,1-2H3,(H,20,24)(H,22,23). The molecule has 2 amide bonds. The fraction of sp³-hybridized carbons (Fsp3) is 0.316. The molecule has 0 aliphatic carbocycles. The molecule has 0 saturated heterocycles. The van der Waals surface area contributed by atoms with Gasteiger partial charge in [-0.05, 0) is 36.2 Å². The van der Waals surface area contributed by atoms with Crippen molar-refractivity contribution >= 4 is 11.8 Å². The molecule has 1 aromatic carbocycles. The van der Waals surface area contributed by atoms with Crippen molar-refractivity contribution in [3.05, 3.63) is 53.7 Å². The zero-order valence-electron chi connectivity index (χ0n) is 15.3. The Bertz CT molecular complexity index is 762. The summed E-state index contributed by atoms with van der Waals surface area (Å²) in [5.74, 6) is 0.415. The predicted octanol–water partition coefficient (Wildman–Crippen LogP) is 2.04. The van der Waals surface area contributed by atoms with Crippen molar-refractivity contribution in [1.29, 1.82) is 0 Å². The van der Waals surface area contributed by atoms with Gasteiger partial charge in [0, 0.05) is 11.6 Å². The summed E-state index contributed by atoms with van der Waals surface area (Å²) < 4.78 is 11.0. The van der Waals surface area contributed by atoms with Gasteiger partial charge in [-0.2, -0.15) is 0 Å². The molecule has 2 aromatic rings. The fourth-order valence-electron chi connectivity index (χ4n) is 2.06. The molecule has 2 rings (SSSR count). The Morgan fingerprint density at radius 3 is 2.48 bits per heavy atom. The maximum Gasteiger partial charge on any atom is 0.274 e. The zero-order valence-corrected chi connectivity index (χ0v) is 15.3. The van der Waals surface area contributed by atoms with Crippen LogP contribution in [-0.2, 0) is 0 Å². The van der Waals surface area contributed by atoms with Crippen molar-refractivity contribution in [3.8, 4) is 11.6 Å². The first-order valence-electron chi connectivity index (χ1n) is 8.55. The van der Waals surface area contributed by atoms with Crippen LogP contribution < -0.4 is 20.3 Å². The molecule has 3 N–H and O–H groups in total. The summed E-state index contributed by atoms with van der Waals surface area (Å²) in [6.45, 7) is 5.14. The topological polar surface area (TPSA) is 110 Å². The Balaban J connectivity index is 1.77. The highest BCUT2D eigenvalue weighted by Crippen LogP contribution is 2.12. The van der Waals surface area contributed by atoms with E-state index in [4.69, 9.17) is 14.7 Å². The Hall–Kier alpha value is -3.13. The van der Waals surface area contributed by atoms with Crippen LogP contribution in [0, 0.1) is 5.92 Å². The van der Waals surface area contributed by atoms with E-state index in [2.05, 4.69) is 10.3 Å². The van der Waals surface area contributed by atoms with Gasteiger partial charge < -0.3 is 14.8 Å². The predicted molar refractivity (Wildman–Crippen MR) is 98.1 cm³/mol. The number of rotatable bonds is 9. The van der Waals surface area contributed by atoms with Gasteiger partial charge >= 0.3 is 0 Å². The van der Waals surface area contributed by atoms with Gasteiger partial charge in [0.05, 0.1) is 13.2 Å². The van der Waals surface area contributed by atoms with Crippen LogP contribution in [0.2, 0.25) is 0 Å². The third-order valence-electron chi connectivity index (χ3n) is 3.40. The third kappa shape index (κ3) is 6.59. The highest BCUT2D eigenvalue weighted by atomic mass is 16.5. The van der Waals surface area contributed by atoms with E-state index >= 15 is 0 Å². The second kappa shape index (κ2) is 10.1. The summed E-state index contributed by atoms with van der Waals surface area (Å²) in [6.07, 6.45) is 0. The number of nitrogens with one attached hydrogen (secondary N) is 2. The third-order valence-corrected chi connectivity index (χ3v) is 3.40. The van der Waals surface area contributed by atoms with Gasteiger partial charge in [0.25, 0.3) is 11.8 Å². The molecule has 8 nitrogen and oxygen atoms in total. The van der Waals surface area contributed by atoms with Gasteiger partial charge in [-0.25, -0.2) is 10.5 Å². The van der Waals surface area contributed by atoms with Crippen molar-refractivity contribution in [2.45, 2.75) is 13.8 Å². The van der Waals surface area contributed by atoms with E-state index in [1.54, 1.807) is 35.8 Å². The van der Waals surface area contributed by atoms with Crippen LogP contribution in [0.3, 0.4) is 0 Å². The van der Waals surface area contributed by atoms with E-state index in [0.29, 0.717) is 29.7 Å². The minimum atomic E-state index is -0.596. The summed E-state index contributed by atoms with van der Waals surface area (Å²) in [5.41, 5.74) is 2.14. The number of hydrogen-bond acceptors (Lipinski definition) is 6. The van der Waals surface area contributed by atoms with Crippen LogP contribution in [0.25, 0.3) is 0 Å². The molecular weight excluding hydrogens is 350 g/mol.